The lowest BCUT2D eigenvalue weighted by atomic mass is 9.96. The van der Waals surface area contributed by atoms with Crippen LogP contribution in [-0.2, 0) is 0 Å². The van der Waals surface area contributed by atoms with Gasteiger partial charge >= 0.3 is 0 Å². The summed E-state index contributed by atoms with van der Waals surface area (Å²) < 4.78 is 5.70. The van der Waals surface area contributed by atoms with Gasteiger partial charge in [-0.05, 0) is 50.5 Å². The minimum Gasteiger partial charge on any atom is -0.490 e. The number of nitrogens with two attached hydrogens (primary N) is 1. The van der Waals surface area contributed by atoms with Gasteiger partial charge < -0.3 is 10.5 Å². The molecule has 1 aromatic rings. The third-order valence-corrected chi connectivity index (χ3v) is 2.91. The van der Waals surface area contributed by atoms with Crippen LogP contribution in [0, 0.1) is 0 Å². The van der Waals surface area contributed by atoms with Gasteiger partial charge in [0.05, 0.1) is 12.1 Å². The van der Waals surface area contributed by atoms with Crippen LogP contribution in [0.1, 0.15) is 36.5 Å². The Hall–Kier alpha value is -1.35. The van der Waals surface area contributed by atoms with E-state index in [0.29, 0.717) is 11.7 Å². The van der Waals surface area contributed by atoms with E-state index in [9.17, 15) is 4.79 Å². The molecule has 0 aliphatic heterocycles. The van der Waals surface area contributed by atoms with E-state index in [2.05, 4.69) is 0 Å². The number of carbonyl (C=O) groups is 1. The Labute approximate surface area is 95.6 Å². The molecule has 0 aromatic heterocycles. The van der Waals surface area contributed by atoms with Gasteiger partial charge in [0.15, 0.2) is 5.78 Å². The van der Waals surface area contributed by atoms with Crippen molar-refractivity contribution in [3.8, 4) is 5.75 Å². The van der Waals surface area contributed by atoms with E-state index < -0.39 is 6.04 Å². The second-order valence-electron chi connectivity index (χ2n) is 4.35. The molecular weight excluding hydrogens is 202 g/mol. The highest BCUT2D eigenvalue weighted by Crippen LogP contribution is 2.25. The average Bonchev–Trinajstić information content (AvgIpc) is 2.23. The number of Topliss-reactive ketones (excluding diaryl/α,β-unsaturated/α-hetero) is 1. The summed E-state index contributed by atoms with van der Waals surface area (Å²) in [4.78, 5) is 11.6. The van der Waals surface area contributed by atoms with Crippen LogP contribution < -0.4 is 10.5 Å². The van der Waals surface area contributed by atoms with Crippen molar-refractivity contribution in [1.82, 2.24) is 0 Å². The van der Waals surface area contributed by atoms with Crippen molar-refractivity contribution in [1.29, 1.82) is 0 Å². The maximum atomic E-state index is 11.6. The van der Waals surface area contributed by atoms with E-state index in [0.717, 1.165) is 18.6 Å². The topological polar surface area (TPSA) is 52.3 Å². The molecule has 0 saturated heterocycles. The minimum atomic E-state index is -0.446. The van der Waals surface area contributed by atoms with Crippen LogP contribution in [0.15, 0.2) is 24.3 Å². The lowest BCUT2D eigenvalue weighted by Gasteiger charge is -2.26. The Bertz CT molecular complexity index is 366. The summed E-state index contributed by atoms with van der Waals surface area (Å²) in [6.45, 7) is 1.70. The first-order valence-electron chi connectivity index (χ1n) is 5.73. The van der Waals surface area contributed by atoms with Crippen molar-refractivity contribution >= 4 is 5.78 Å². The number of ether oxygens (including phenoxy) is 1. The zero-order valence-corrected chi connectivity index (χ0v) is 9.48. The normalized spacial score (nSPS) is 17.6. The summed E-state index contributed by atoms with van der Waals surface area (Å²) in [5.41, 5.74) is 6.19. The number of benzene rings is 1. The van der Waals surface area contributed by atoms with Gasteiger partial charge in [-0.1, -0.05) is 0 Å². The summed E-state index contributed by atoms with van der Waals surface area (Å²) in [6.07, 6.45) is 3.91. The molecule has 1 atom stereocenters. The first-order chi connectivity index (χ1) is 7.66. The summed E-state index contributed by atoms with van der Waals surface area (Å²) >= 11 is 0. The Kier molecular flexibility index (Phi) is 3.25. The fourth-order valence-corrected chi connectivity index (χ4v) is 1.64. The molecule has 3 heteroatoms. The predicted octanol–water partition coefficient (Wildman–Crippen LogP) is 2.15. The molecule has 0 heterocycles. The minimum absolute atomic E-state index is 0.0322. The van der Waals surface area contributed by atoms with Gasteiger partial charge in [-0.3, -0.25) is 4.79 Å². The van der Waals surface area contributed by atoms with E-state index in [4.69, 9.17) is 10.5 Å². The number of ketones is 1. The number of hydrogen-bond acceptors (Lipinski definition) is 3. The summed E-state index contributed by atoms with van der Waals surface area (Å²) in [5.74, 6) is 0.807. The SMILES string of the molecule is CC(N)C(=O)c1ccc(OC2CCC2)cc1. The first kappa shape index (κ1) is 11.1. The van der Waals surface area contributed by atoms with Gasteiger partial charge in [0.2, 0.25) is 0 Å². The molecule has 0 radical (unpaired) electrons. The fourth-order valence-electron chi connectivity index (χ4n) is 1.64. The van der Waals surface area contributed by atoms with Gasteiger partial charge in [-0.2, -0.15) is 0 Å². The number of hydrogen-bond donors (Lipinski definition) is 1. The Morgan fingerprint density at radius 1 is 1.38 bits per heavy atom. The fraction of sp³-hybridized carbons (Fsp3) is 0.462. The van der Waals surface area contributed by atoms with Crippen LogP contribution >= 0.6 is 0 Å². The van der Waals surface area contributed by atoms with E-state index in [-0.39, 0.29) is 5.78 Å². The monoisotopic (exact) mass is 219 g/mol. The molecule has 0 spiro atoms. The largest absolute Gasteiger partial charge is 0.490 e. The molecule has 0 bridgehead atoms. The van der Waals surface area contributed by atoms with Crippen molar-refractivity contribution in [2.24, 2.45) is 5.73 Å². The highest BCUT2D eigenvalue weighted by molar-refractivity contribution is 5.99. The van der Waals surface area contributed by atoms with Crippen LogP contribution in [0.5, 0.6) is 5.75 Å². The molecule has 2 N–H and O–H groups in total. The highest BCUT2D eigenvalue weighted by Gasteiger charge is 2.19. The molecule has 86 valence electrons. The van der Waals surface area contributed by atoms with Crippen molar-refractivity contribution in [2.45, 2.75) is 38.3 Å². The zero-order chi connectivity index (χ0) is 11.5. The van der Waals surface area contributed by atoms with E-state index in [1.807, 2.05) is 12.1 Å². The van der Waals surface area contributed by atoms with Crippen LogP contribution in [0.3, 0.4) is 0 Å². The summed E-state index contributed by atoms with van der Waals surface area (Å²) in [5, 5.41) is 0. The van der Waals surface area contributed by atoms with Gasteiger partial charge in [0, 0.05) is 5.56 Å². The Balaban J connectivity index is 2.00. The second kappa shape index (κ2) is 4.66. The molecule has 0 amide bonds. The summed E-state index contributed by atoms with van der Waals surface area (Å²) in [6, 6.07) is 6.79. The molecular formula is C13H17NO2. The molecule has 1 saturated carbocycles. The average molecular weight is 219 g/mol. The third-order valence-electron chi connectivity index (χ3n) is 2.91. The maximum Gasteiger partial charge on any atom is 0.179 e. The predicted molar refractivity (Wildman–Crippen MR) is 62.7 cm³/mol. The first-order valence-corrected chi connectivity index (χ1v) is 5.73. The third kappa shape index (κ3) is 2.42. The lowest BCUT2D eigenvalue weighted by molar-refractivity contribution is 0.0967. The van der Waals surface area contributed by atoms with Gasteiger partial charge in [0.1, 0.15) is 5.75 Å². The van der Waals surface area contributed by atoms with Gasteiger partial charge in [-0.15, -0.1) is 0 Å². The smallest absolute Gasteiger partial charge is 0.179 e. The molecule has 1 fully saturated rings. The van der Waals surface area contributed by atoms with Crippen LogP contribution in [-0.4, -0.2) is 17.9 Å². The standard InChI is InChI=1S/C13H17NO2/c1-9(14)13(15)10-5-7-12(8-6-10)16-11-3-2-4-11/h5-9,11H,2-4,14H2,1H3. The molecule has 2 rings (SSSR count). The number of carbonyl (C=O) groups excluding carboxylic acids is 1. The number of rotatable bonds is 4. The van der Waals surface area contributed by atoms with Crippen LogP contribution in [0.2, 0.25) is 0 Å². The Morgan fingerprint density at radius 2 is 2.00 bits per heavy atom. The zero-order valence-electron chi connectivity index (χ0n) is 9.48. The lowest BCUT2D eigenvalue weighted by Crippen LogP contribution is -2.26. The molecule has 16 heavy (non-hydrogen) atoms. The van der Waals surface area contributed by atoms with Gasteiger partial charge in [-0.25, -0.2) is 0 Å². The summed E-state index contributed by atoms with van der Waals surface area (Å²) in [7, 11) is 0. The van der Waals surface area contributed by atoms with Crippen LogP contribution in [0.4, 0.5) is 0 Å². The maximum absolute atomic E-state index is 11.6. The quantitative estimate of drug-likeness (QED) is 0.789. The molecule has 1 aliphatic carbocycles. The van der Waals surface area contributed by atoms with Crippen LogP contribution in [0.25, 0.3) is 0 Å². The molecule has 1 aliphatic rings. The highest BCUT2D eigenvalue weighted by atomic mass is 16.5. The van der Waals surface area contributed by atoms with Crippen molar-refractivity contribution in [2.75, 3.05) is 0 Å². The van der Waals surface area contributed by atoms with Crippen molar-refractivity contribution in [3.63, 3.8) is 0 Å². The second-order valence-corrected chi connectivity index (χ2v) is 4.35. The van der Waals surface area contributed by atoms with Crippen molar-refractivity contribution < 1.29 is 9.53 Å². The van der Waals surface area contributed by atoms with E-state index >= 15 is 0 Å². The Morgan fingerprint density at radius 3 is 2.44 bits per heavy atom. The molecule has 1 unspecified atom stereocenters. The van der Waals surface area contributed by atoms with E-state index in [1.165, 1.54) is 6.42 Å². The van der Waals surface area contributed by atoms with Gasteiger partial charge in [0.25, 0.3) is 0 Å². The molecule has 3 nitrogen and oxygen atoms in total. The molecule has 1 aromatic carbocycles. The van der Waals surface area contributed by atoms with Crippen molar-refractivity contribution in [3.05, 3.63) is 29.8 Å². The van der Waals surface area contributed by atoms with E-state index in [1.54, 1.807) is 19.1 Å².